The average molecular weight is 213 g/mol. The van der Waals surface area contributed by atoms with Gasteiger partial charge >= 0.3 is 5.97 Å². The Balaban J connectivity index is 2.73. The molecule has 0 saturated heterocycles. The topological polar surface area (TPSA) is 80.4 Å². The second-order valence-corrected chi connectivity index (χ2v) is 3.49. The molecule has 14 heavy (non-hydrogen) atoms. The molecule has 0 radical (unpaired) electrons. The number of thioether (sulfide) groups is 1. The standard InChI is InChI=1S/C8H7NO4S/c10-8(11)5-14-7-3-1-2-6(4-7)9(12)13/h1-4H,5H2,(H,10,11). The minimum Gasteiger partial charge on any atom is -0.481 e. The summed E-state index contributed by atoms with van der Waals surface area (Å²) in [5, 5.41) is 18.8. The maximum atomic E-state index is 10.4. The highest BCUT2D eigenvalue weighted by Gasteiger charge is 2.06. The predicted octanol–water partition coefficient (Wildman–Crippen LogP) is 1.77. The maximum Gasteiger partial charge on any atom is 0.313 e. The summed E-state index contributed by atoms with van der Waals surface area (Å²) in [6, 6.07) is 5.89. The van der Waals surface area contributed by atoms with Gasteiger partial charge in [-0.2, -0.15) is 0 Å². The number of aliphatic carboxylic acids is 1. The molecule has 1 aromatic carbocycles. The van der Waals surface area contributed by atoms with E-state index in [9.17, 15) is 14.9 Å². The Morgan fingerprint density at radius 1 is 1.57 bits per heavy atom. The van der Waals surface area contributed by atoms with Crippen LogP contribution in [0.15, 0.2) is 29.2 Å². The van der Waals surface area contributed by atoms with E-state index < -0.39 is 10.9 Å². The van der Waals surface area contributed by atoms with E-state index >= 15 is 0 Å². The molecule has 0 heterocycles. The molecule has 74 valence electrons. The number of hydrogen-bond donors (Lipinski definition) is 1. The Labute approximate surface area is 83.9 Å². The van der Waals surface area contributed by atoms with Crippen molar-refractivity contribution >= 4 is 23.4 Å². The molecule has 0 bridgehead atoms. The number of nitro benzene ring substituents is 1. The van der Waals surface area contributed by atoms with Crippen molar-refractivity contribution in [3.05, 3.63) is 34.4 Å². The lowest BCUT2D eigenvalue weighted by molar-refractivity contribution is -0.385. The number of carboxylic acid groups (broad SMARTS) is 1. The molecule has 0 aliphatic heterocycles. The minimum absolute atomic E-state index is 0.0274. The lowest BCUT2D eigenvalue weighted by Gasteiger charge is -1.97. The number of carboxylic acids is 1. The fraction of sp³-hybridized carbons (Fsp3) is 0.125. The Kier molecular flexibility index (Phi) is 3.47. The summed E-state index contributed by atoms with van der Waals surface area (Å²) in [6.07, 6.45) is 0. The van der Waals surface area contributed by atoms with Crippen LogP contribution in [0.5, 0.6) is 0 Å². The SMILES string of the molecule is O=C(O)CSc1cccc([N+](=O)[O-])c1. The molecule has 0 saturated carbocycles. The highest BCUT2D eigenvalue weighted by molar-refractivity contribution is 8.00. The molecule has 0 aliphatic carbocycles. The van der Waals surface area contributed by atoms with E-state index in [-0.39, 0.29) is 11.4 Å². The Morgan fingerprint density at radius 3 is 2.86 bits per heavy atom. The van der Waals surface area contributed by atoms with Crippen molar-refractivity contribution in [1.29, 1.82) is 0 Å². The van der Waals surface area contributed by atoms with Gasteiger partial charge in [0.25, 0.3) is 5.69 Å². The number of carbonyl (C=O) groups is 1. The molecule has 0 aromatic heterocycles. The van der Waals surface area contributed by atoms with Crippen molar-refractivity contribution in [3.8, 4) is 0 Å². The monoisotopic (exact) mass is 213 g/mol. The summed E-state index contributed by atoms with van der Waals surface area (Å²) in [7, 11) is 0. The normalized spacial score (nSPS) is 9.71. The third kappa shape index (κ3) is 3.06. The highest BCUT2D eigenvalue weighted by atomic mass is 32.2. The first kappa shape index (κ1) is 10.5. The van der Waals surface area contributed by atoms with Crippen LogP contribution in [0, 0.1) is 10.1 Å². The fourth-order valence-corrected chi connectivity index (χ4v) is 1.50. The second-order valence-electron chi connectivity index (χ2n) is 2.44. The molecule has 5 nitrogen and oxygen atoms in total. The summed E-state index contributed by atoms with van der Waals surface area (Å²) in [6.45, 7) is 0. The van der Waals surface area contributed by atoms with Crippen molar-refractivity contribution in [2.75, 3.05) is 5.75 Å². The molecular formula is C8H7NO4S. The van der Waals surface area contributed by atoms with Crippen LogP contribution >= 0.6 is 11.8 Å². The smallest absolute Gasteiger partial charge is 0.313 e. The maximum absolute atomic E-state index is 10.4. The van der Waals surface area contributed by atoms with Gasteiger partial charge < -0.3 is 5.11 Å². The summed E-state index contributed by atoms with van der Waals surface area (Å²) in [5.41, 5.74) is -0.0274. The summed E-state index contributed by atoms with van der Waals surface area (Å²) >= 11 is 1.06. The Morgan fingerprint density at radius 2 is 2.29 bits per heavy atom. The van der Waals surface area contributed by atoms with Crippen molar-refractivity contribution in [2.24, 2.45) is 0 Å². The fourth-order valence-electron chi connectivity index (χ4n) is 0.832. The minimum atomic E-state index is -0.943. The number of nitrogens with zero attached hydrogens (tertiary/aromatic N) is 1. The van der Waals surface area contributed by atoms with Crippen molar-refractivity contribution < 1.29 is 14.8 Å². The number of rotatable bonds is 4. The zero-order valence-corrected chi connectivity index (χ0v) is 7.86. The first-order valence-electron chi connectivity index (χ1n) is 3.68. The van der Waals surface area contributed by atoms with Crippen LogP contribution in [0.1, 0.15) is 0 Å². The van der Waals surface area contributed by atoms with Crippen LogP contribution in [-0.4, -0.2) is 21.8 Å². The zero-order chi connectivity index (χ0) is 10.6. The van der Waals surface area contributed by atoms with Crippen LogP contribution in [0.25, 0.3) is 0 Å². The molecule has 0 fully saturated rings. The van der Waals surface area contributed by atoms with Gasteiger partial charge in [-0.15, -0.1) is 11.8 Å². The van der Waals surface area contributed by atoms with Gasteiger partial charge in [0, 0.05) is 17.0 Å². The van der Waals surface area contributed by atoms with Gasteiger partial charge in [0.1, 0.15) is 0 Å². The van der Waals surface area contributed by atoms with Gasteiger partial charge in [0.15, 0.2) is 0 Å². The largest absolute Gasteiger partial charge is 0.481 e. The first-order chi connectivity index (χ1) is 6.59. The molecule has 1 N–H and O–H groups in total. The summed E-state index contributed by atoms with van der Waals surface area (Å²) in [5.74, 6) is -1.04. The van der Waals surface area contributed by atoms with Crippen molar-refractivity contribution in [2.45, 2.75) is 4.90 Å². The molecule has 0 unspecified atom stereocenters. The molecular weight excluding hydrogens is 206 g/mol. The average Bonchev–Trinajstić information content (AvgIpc) is 2.15. The zero-order valence-electron chi connectivity index (χ0n) is 7.04. The van der Waals surface area contributed by atoms with Gasteiger partial charge in [-0.3, -0.25) is 14.9 Å². The van der Waals surface area contributed by atoms with E-state index in [2.05, 4.69) is 0 Å². The van der Waals surface area contributed by atoms with E-state index in [1.807, 2.05) is 0 Å². The quantitative estimate of drug-likeness (QED) is 0.468. The van der Waals surface area contributed by atoms with Gasteiger partial charge in [-0.05, 0) is 6.07 Å². The van der Waals surface area contributed by atoms with E-state index in [1.165, 1.54) is 18.2 Å². The molecule has 0 amide bonds. The van der Waals surface area contributed by atoms with Crippen LogP contribution in [0.3, 0.4) is 0 Å². The van der Waals surface area contributed by atoms with Crippen LogP contribution < -0.4 is 0 Å². The molecule has 0 atom stereocenters. The Bertz CT molecular complexity index is 366. The summed E-state index contributed by atoms with van der Waals surface area (Å²) < 4.78 is 0. The van der Waals surface area contributed by atoms with Crippen molar-refractivity contribution in [1.82, 2.24) is 0 Å². The number of hydrogen-bond acceptors (Lipinski definition) is 4. The first-order valence-corrected chi connectivity index (χ1v) is 4.67. The third-order valence-corrected chi connectivity index (χ3v) is 2.37. The highest BCUT2D eigenvalue weighted by Crippen LogP contribution is 2.22. The molecule has 0 aliphatic rings. The van der Waals surface area contributed by atoms with Crippen molar-refractivity contribution in [3.63, 3.8) is 0 Å². The van der Waals surface area contributed by atoms with E-state index in [1.54, 1.807) is 6.07 Å². The number of non-ortho nitro benzene ring substituents is 1. The molecule has 6 heteroatoms. The van der Waals surface area contributed by atoms with Crippen LogP contribution in [0.4, 0.5) is 5.69 Å². The van der Waals surface area contributed by atoms with Crippen LogP contribution in [0.2, 0.25) is 0 Å². The lowest BCUT2D eigenvalue weighted by Crippen LogP contribution is -1.97. The van der Waals surface area contributed by atoms with E-state index in [0.29, 0.717) is 4.90 Å². The predicted molar refractivity (Wildman–Crippen MR) is 51.5 cm³/mol. The third-order valence-electron chi connectivity index (χ3n) is 1.39. The van der Waals surface area contributed by atoms with Gasteiger partial charge in [0.2, 0.25) is 0 Å². The number of nitro groups is 1. The van der Waals surface area contributed by atoms with E-state index in [0.717, 1.165) is 11.8 Å². The lowest BCUT2D eigenvalue weighted by atomic mass is 10.3. The summed E-state index contributed by atoms with van der Waals surface area (Å²) in [4.78, 5) is 20.7. The van der Waals surface area contributed by atoms with Gasteiger partial charge in [-0.1, -0.05) is 6.07 Å². The van der Waals surface area contributed by atoms with Crippen LogP contribution in [-0.2, 0) is 4.79 Å². The molecule has 1 rings (SSSR count). The molecule has 1 aromatic rings. The Hall–Kier alpha value is -1.56. The molecule has 0 spiro atoms. The van der Waals surface area contributed by atoms with Gasteiger partial charge in [0.05, 0.1) is 10.7 Å². The van der Waals surface area contributed by atoms with Gasteiger partial charge in [-0.25, -0.2) is 0 Å². The van der Waals surface area contributed by atoms with E-state index in [4.69, 9.17) is 5.11 Å². The second kappa shape index (κ2) is 4.61. The number of benzene rings is 1.